The summed E-state index contributed by atoms with van der Waals surface area (Å²) >= 11 is 0. The van der Waals surface area contributed by atoms with Crippen LogP contribution in [0.1, 0.15) is 271 Å². The molecule has 0 bridgehead atoms. The van der Waals surface area contributed by atoms with Crippen LogP contribution in [-0.2, 0) is 23.8 Å². The number of aliphatic hydroxyl groups is 5. The molecule has 1 saturated heterocycles. The Morgan fingerprint density at radius 3 is 1.40 bits per heavy atom. The average molecular weight is 1080 g/mol. The van der Waals surface area contributed by atoms with Gasteiger partial charge in [-0.25, -0.2) is 0 Å². The van der Waals surface area contributed by atoms with Crippen molar-refractivity contribution in [2.45, 2.75) is 314 Å². The Morgan fingerprint density at radius 1 is 0.481 bits per heavy atom. The maximum Gasteiger partial charge on any atom is 0.305 e. The van der Waals surface area contributed by atoms with Gasteiger partial charge in [0.1, 0.15) is 24.4 Å². The first kappa shape index (κ1) is 72.1. The van der Waals surface area contributed by atoms with E-state index in [1.807, 2.05) is 6.08 Å². The summed E-state index contributed by atoms with van der Waals surface area (Å²) in [6.45, 7) is 4.25. The highest BCUT2D eigenvalue weighted by atomic mass is 16.7. The molecule has 0 aromatic rings. The number of hydrogen-bond acceptors (Lipinski definition) is 10. The van der Waals surface area contributed by atoms with Crippen molar-refractivity contribution >= 4 is 11.9 Å². The van der Waals surface area contributed by atoms with Gasteiger partial charge in [-0.2, -0.15) is 0 Å². The summed E-state index contributed by atoms with van der Waals surface area (Å²) in [6, 6.07) is -0.837. The second-order valence-electron chi connectivity index (χ2n) is 21.7. The van der Waals surface area contributed by atoms with E-state index < -0.39 is 49.5 Å². The van der Waals surface area contributed by atoms with Crippen LogP contribution in [0.15, 0.2) is 72.9 Å². The first-order valence-electron chi connectivity index (χ1n) is 31.7. The number of carbonyl (C=O) groups is 2. The van der Waals surface area contributed by atoms with E-state index in [0.29, 0.717) is 19.4 Å². The minimum Gasteiger partial charge on any atom is -0.466 e. The Morgan fingerprint density at radius 2 is 0.896 bits per heavy atom. The number of rotatable bonds is 54. The standard InChI is InChI=1S/C66H117NO10/c1-3-5-7-9-11-13-15-17-30-34-38-42-46-50-54-62(71)75-55-51-47-43-39-35-31-28-26-24-22-20-18-19-21-23-25-27-29-33-37-41-45-49-53-61(70)67-58(57-76-66-65(74)64(73)63(72)60(56-68)77-66)59(69)52-48-44-40-36-32-16-14-12-10-8-6-4-2/h9,11,15,17-18,20-21,23,32,36,48,52,58-60,63-66,68-69,72-74H,3-8,10,12-14,16,19,22,24-31,33-35,37-47,49-51,53-57H2,1-2H3,(H,67,70)/b11-9-,17-15-,20-18-,23-21-,36-32+,52-48+. The summed E-state index contributed by atoms with van der Waals surface area (Å²) in [6.07, 6.45) is 62.9. The zero-order valence-corrected chi connectivity index (χ0v) is 49.2. The van der Waals surface area contributed by atoms with E-state index in [4.69, 9.17) is 14.2 Å². The highest BCUT2D eigenvalue weighted by molar-refractivity contribution is 5.76. The number of aliphatic hydroxyl groups excluding tert-OH is 5. The number of allylic oxidation sites excluding steroid dienone is 11. The molecule has 11 nitrogen and oxygen atoms in total. The van der Waals surface area contributed by atoms with Gasteiger partial charge in [0.25, 0.3) is 0 Å². The topological polar surface area (TPSA) is 175 Å². The molecule has 0 aliphatic carbocycles. The van der Waals surface area contributed by atoms with E-state index in [2.05, 4.69) is 79.9 Å². The van der Waals surface area contributed by atoms with Gasteiger partial charge in [-0.15, -0.1) is 0 Å². The molecule has 6 N–H and O–H groups in total. The van der Waals surface area contributed by atoms with Gasteiger partial charge in [-0.1, -0.05) is 228 Å². The van der Waals surface area contributed by atoms with Gasteiger partial charge < -0.3 is 45.1 Å². The molecular formula is C66H117NO10. The normalized spacial score (nSPS) is 19.1. The van der Waals surface area contributed by atoms with Crippen molar-refractivity contribution in [1.82, 2.24) is 5.32 Å². The first-order valence-corrected chi connectivity index (χ1v) is 31.7. The molecule has 1 amide bonds. The van der Waals surface area contributed by atoms with E-state index in [0.717, 1.165) is 103 Å². The van der Waals surface area contributed by atoms with E-state index >= 15 is 0 Å². The Balaban J connectivity index is 2.06. The number of amides is 1. The highest BCUT2D eigenvalue weighted by Crippen LogP contribution is 2.23. The third-order valence-electron chi connectivity index (χ3n) is 14.5. The molecule has 1 rings (SSSR count). The second-order valence-corrected chi connectivity index (χ2v) is 21.7. The summed E-state index contributed by atoms with van der Waals surface area (Å²) in [5.74, 6) is -0.225. The summed E-state index contributed by atoms with van der Waals surface area (Å²) in [5, 5.41) is 54.3. The predicted octanol–water partition coefficient (Wildman–Crippen LogP) is 15.2. The largest absolute Gasteiger partial charge is 0.466 e. The molecule has 1 fully saturated rings. The summed E-state index contributed by atoms with van der Waals surface area (Å²) < 4.78 is 16.7. The number of carbonyl (C=O) groups excluding carboxylic acids is 2. The number of ether oxygens (including phenoxy) is 3. The molecule has 1 aliphatic rings. The molecule has 0 aromatic heterocycles. The van der Waals surface area contributed by atoms with Gasteiger partial charge in [0, 0.05) is 12.8 Å². The molecule has 1 aliphatic heterocycles. The van der Waals surface area contributed by atoms with Crippen molar-refractivity contribution in [3.8, 4) is 0 Å². The maximum absolute atomic E-state index is 13.0. The summed E-state index contributed by atoms with van der Waals surface area (Å²) in [7, 11) is 0. The number of nitrogens with one attached hydrogen (secondary N) is 1. The highest BCUT2D eigenvalue weighted by Gasteiger charge is 2.44. The number of unbranched alkanes of at least 4 members (excludes halogenated alkanes) is 30. The molecule has 0 aromatic carbocycles. The van der Waals surface area contributed by atoms with E-state index in [1.54, 1.807) is 6.08 Å². The van der Waals surface area contributed by atoms with E-state index in [-0.39, 0.29) is 18.5 Å². The van der Waals surface area contributed by atoms with Crippen LogP contribution in [0.5, 0.6) is 0 Å². The third kappa shape index (κ3) is 44.5. The van der Waals surface area contributed by atoms with Crippen molar-refractivity contribution < 1.29 is 49.3 Å². The average Bonchev–Trinajstić information content (AvgIpc) is 3.43. The minimum absolute atomic E-state index is 0.0207. The lowest BCUT2D eigenvalue weighted by Crippen LogP contribution is -2.60. The molecular weight excluding hydrogens is 967 g/mol. The van der Waals surface area contributed by atoms with Crippen LogP contribution < -0.4 is 5.32 Å². The Hall–Kier alpha value is -2.90. The van der Waals surface area contributed by atoms with Crippen molar-refractivity contribution in [3.05, 3.63) is 72.9 Å². The molecule has 77 heavy (non-hydrogen) atoms. The lowest BCUT2D eigenvalue weighted by atomic mass is 9.99. The lowest BCUT2D eigenvalue weighted by Gasteiger charge is -2.40. The molecule has 446 valence electrons. The quantitative estimate of drug-likeness (QED) is 0.0195. The first-order chi connectivity index (χ1) is 37.7. The molecule has 1 heterocycles. The molecule has 7 atom stereocenters. The fraction of sp³-hybridized carbons (Fsp3) is 0.788. The fourth-order valence-electron chi connectivity index (χ4n) is 9.44. The number of hydrogen-bond donors (Lipinski definition) is 6. The van der Waals surface area contributed by atoms with Crippen LogP contribution >= 0.6 is 0 Å². The van der Waals surface area contributed by atoms with Crippen LogP contribution in [0.4, 0.5) is 0 Å². The molecule has 0 saturated carbocycles. The fourth-order valence-corrected chi connectivity index (χ4v) is 9.44. The van der Waals surface area contributed by atoms with E-state index in [9.17, 15) is 35.1 Å². The maximum atomic E-state index is 13.0. The Bertz CT molecular complexity index is 1510. The SMILES string of the molecule is CCCC/C=C\C/C=C\CCCCCCCC(=O)OCCCCCCCCCCC/C=C\C/C=C\CCCCCCCCCC(=O)NC(COC1OC(CO)C(O)C(O)C1O)C(O)/C=C/CC/C=C/CCCCCCCC. The van der Waals surface area contributed by atoms with Crippen LogP contribution in [0, 0.1) is 0 Å². The summed E-state index contributed by atoms with van der Waals surface area (Å²) in [4.78, 5) is 25.1. The third-order valence-corrected chi connectivity index (χ3v) is 14.5. The van der Waals surface area contributed by atoms with Gasteiger partial charge in [0.2, 0.25) is 5.91 Å². The lowest BCUT2D eigenvalue weighted by molar-refractivity contribution is -0.302. The van der Waals surface area contributed by atoms with Gasteiger partial charge in [0.15, 0.2) is 6.29 Å². The van der Waals surface area contributed by atoms with Crippen LogP contribution in [-0.4, -0.2) is 100 Å². The monoisotopic (exact) mass is 1080 g/mol. The Kier molecular flexibility index (Phi) is 51.5. The van der Waals surface area contributed by atoms with Crippen LogP contribution in [0.25, 0.3) is 0 Å². The van der Waals surface area contributed by atoms with Crippen LogP contribution in [0.2, 0.25) is 0 Å². The summed E-state index contributed by atoms with van der Waals surface area (Å²) in [5.41, 5.74) is 0. The van der Waals surface area contributed by atoms with Gasteiger partial charge in [-0.05, 0) is 103 Å². The second kappa shape index (κ2) is 55.0. The van der Waals surface area contributed by atoms with Crippen molar-refractivity contribution in [3.63, 3.8) is 0 Å². The number of esters is 1. The van der Waals surface area contributed by atoms with Crippen molar-refractivity contribution in [1.29, 1.82) is 0 Å². The molecule has 0 radical (unpaired) electrons. The van der Waals surface area contributed by atoms with Crippen LogP contribution in [0.3, 0.4) is 0 Å². The molecule has 11 heteroatoms. The van der Waals surface area contributed by atoms with Crippen molar-refractivity contribution in [2.24, 2.45) is 0 Å². The van der Waals surface area contributed by atoms with Gasteiger partial charge in [-0.3, -0.25) is 9.59 Å². The Labute approximate surface area is 471 Å². The van der Waals surface area contributed by atoms with Gasteiger partial charge in [0.05, 0.1) is 32.0 Å². The molecule has 0 spiro atoms. The predicted molar refractivity (Wildman–Crippen MR) is 319 cm³/mol. The van der Waals surface area contributed by atoms with Crippen molar-refractivity contribution in [2.75, 3.05) is 19.8 Å². The van der Waals surface area contributed by atoms with Gasteiger partial charge >= 0.3 is 5.97 Å². The minimum atomic E-state index is -1.58. The smallest absolute Gasteiger partial charge is 0.305 e. The molecule has 7 unspecified atom stereocenters. The zero-order valence-electron chi connectivity index (χ0n) is 49.2. The van der Waals surface area contributed by atoms with E-state index in [1.165, 1.54) is 141 Å². The zero-order chi connectivity index (χ0) is 55.9.